The van der Waals surface area contributed by atoms with Gasteiger partial charge in [-0.15, -0.1) is 0 Å². The van der Waals surface area contributed by atoms with E-state index < -0.39 is 5.60 Å². The number of rotatable bonds is 4. The Kier molecular flexibility index (Phi) is 3.68. The second-order valence-corrected chi connectivity index (χ2v) is 8.75. The average Bonchev–Trinajstić information content (AvgIpc) is 3.33. The molecule has 1 amide bonds. The number of fused-ring (bicyclic) bond motifs is 2. The maximum absolute atomic E-state index is 13.5. The van der Waals surface area contributed by atoms with Crippen LogP contribution in [0.5, 0.6) is 0 Å². The Morgan fingerprint density at radius 3 is 2.71 bits per heavy atom. The van der Waals surface area contributed by atoms with E-state index in [1.165, 1.54) is 0 Å². The lowest BCUT2D eigenvalue weighted by molar-refractivity contribution is -0.0224. The summed E-state index contributed by atoms with van der Waals surface area (Å²) in [6, 6.07) is 12.2. The van der Waals surface area contributed by atoms with E-state index in [4.69, 9.17) is 0 Å². The lowest BCUT2D eigenvalue weighted by atomic mass is 9.92. The zero-order valence-electron chi connectivity index (χ0n) is 16.5. The van der Waals surface area contributed by atoms with E-state index in [0.29, 0.717) is 12.5 Å². The third-order valence-electron chi connectivity index (χ3n) is 6.15. The van der Waals surface area contributed by atoms with Crippen molar-refractivity contribution in [3.05, 3.63) is 53.7 Å². The normalized spacial score (nSPS) is 18.0. The molecule has 0 unspecified atom stereocenters. The van der Waals surface area contributed by atoms with Crippen molar-refractivity contribution in [3.8, 4) is 11.1 Å². The van der Waals surface area contributed by atoms with Gasteiger partial charge in [-0.1, -0.05) is 24.3 Å². The van der Waals surface area contributed by atoms with E-state index in [-0.39, 0.29) is 11.9 Å². The number of amides is 1. The van der Waals surface area contributed by atoms with Gasteiger partial charge in [-0.05, 0) is 61.4 Å². The van der Waals surface area contributed by atoms with Gasteiger partial charge in [0.15, 0.2) is 0 Å². The van der Waals surface area contributed by atoms with Crippen LogP contribution < -0.4 is 0 Å². The molecule has 1 saturated carbocycles. The number of carbonyl (C=O) groups is 1. The fourth-order valence-corrected chi connectivity index (χ4v) is 4.80. The van der Waals surface area contributed by atoms with Crippen LogP contribution in [0.15, 0.2) is 42.6 Å². The first-order chi connectivity index (χ1) is 13.3. The minimum atomic E-state index is -0.909. The van der Waals surface area contributed by atoms with Crippen LogP contribution in [0.3, 0.4) is 0 Å². The number of hydrogen-bond acceptors (Lipinski definition) is 3. The quantitative estimate of drug-likeness (QED) is 0.756. The van der Waals surface area contributed by atoms with Crippen molar-refractivity contribution in [3.63, 3.8) is 0 Å². The molecule has 1 aromatic heterocycles. The first-order valence-corrected chi connectivity index (χ1v) is 9.92. The highest BCUT2D eigenvalue weighted by atomic mass is 16.3. The third-order valence-corrected chi connectivity index (χ3v) is 6.15. The number of carbonyl (C=O) groups excluding carboxylic acids is 1. The second kappa shape index (κ2) is 5.92. The van der Waals surface area contributed by atoms with Gasteiger partial charge in [-0.2, -0.15) is 5.10 Å². The molecule has 3 aromatic rings. The van der Waals surface area contributed by atoms with Crippen molar-refractivity contribution < 1.29 is 9.90 Å². The summed E-state index contributed by atoms with van der Waals surface area (Å²) in [5, 5.41) is 16.1. The molecule has 144 valence electrons. The van der Waals surface area contributed by atoms with Crippen LogP contribution in [0.25, 0.3) is 22.0 Å². The molecule has 0 spiro atoms. The Balaban J connectivity index is 1.58. The number of nitrogens with zero attached hydrogens (tertiary/aromatic N) is 3. The highest BCUT2D eigenvalue weighted by molar-refractivity contribution is 6.05. The number of aliphatic hydroxyl groups is 1. The van der Waals surface area contributed by atoms with Crippen LogP contribution in [0.2, 0.25) is 0 Å². The molecular formula is C23H25N3O2. The van der Waals surface area contributed by atoms with Gasteiger partial charge < -0.3 is 10.0 Å². The van der Waals surface area contributed by atoms with Crippen LogP contribution in [-0.4, -0.2) is 37.3 Å². The smallest absolute Gasteiger partial charge is 0.255 e. The lowest BCUT2D eigenvalue weighted by Gasteiger charge is -2.37. The van der Waals surface area contributed by atoms with Crippen molar-refractivity contribution in [2.45, 2.75) is 44.9 Å². The predicted molar refractivity (Wildman–Crippen MR) is 109 cm³/mol. The van der Waals surface area contributed by atoms with Crippen LogP contribution in [0, 0.1) is 5.92 Å². The third kappa shape index (κ3) is 2.65. The SMILES string of the molecule is Cn1ncc2cc(-c3cccc4c3C(=O)N([C@H](C3CC3)C(C)(C)O)C4)ccc21. The van der Waals surface area contributed by atoms with Crippen LogP contribution >= 0.6 is 0 Å². The number of benzene rings is 2. The van der Waals surface area contributed by atoms with Crippen molar-refractivity contribution in [2.75, 3.05) is 0 Å². The van der Waals surface area contributed by atoms with E-state index in [0.717, 1.165) is 46.0 Å². The molecule has 0 radical (unpaired) electrons. The molecule has 28 heavy (non-hydrogen) atoms. The summed E-state index contributed by atoms with van der Waals surface area (Å²) in [6.45, 7) is 4.22. The van der Waals surface area contributed by atoms with Gasteiger partial charge in [0.2, 0.25) is 0 Å². The van der Waals surface area contributed by atoms with Crippen molar-refractivity contribution >= 4 is 16.8 Å². The summed E-state index contributed by atoms with van der Waals surface area (Å²) in [5.41, 5.74) is 3.97. The molecule has 1 atom stereocenters. The highest BCUT2D eigenvalue weighted by Gasteiger charge is 2.48. The molecule has 0 saturated heterocycles. The summed E-state index contributed by atoms with van der Waals surface area (Å²) in [6.07, 6.45) is 4.02. The molecule has 1 fully saturated rings. The van der Waals surface area contributed by atoms with Crippen LogP contribution in [0.4, 0.5) is 0 Å². The molecule has 2 aromatic carbocycles. The fourth-order valence-electron chi connectivity index (χ4n) is 4.80. The summed E-state index contributed by atoms with van der Waals surface area (Å²) in [4.78, 5) is 15.4. The molecule has 1 aliphatic heterocycles. The molecule has 0 bridgehead atoms. The van der Waals surface area contributed by atoms with Gasteiger partial charge in [-0.25, -0.2) is 0 Å². The number of aryl methyl sites for hydroxylation is 1. The van der Waals surface area contributed by atoms with Crippen molar-refractivity contribution in [2.24, 2.45) is 13.0 Å². The topological polar surface area (TPSA) is 58.4 Å². The minimum absolute atomic E-state index is 0.0379. The zero-order chi connectivity index (χ0) is 19.6. The summed E-state index contributed by atoms with van der Waals surface area (Å²) in [7, 11) is 1.93. The van der Waals surface area contributed by atoms with Gasteiger partial charge in [0.05, 0.1) is 28.9 Å². The minimum Gasteiger partial charge on any atom is -0.388 e. The van der Waals surface area contributed by atoms with Gasteiger partial charge in [0.25, 0.3) is 5.91 Å². The standard InChI is InChI=1S/C23H25N3O2/c1-23(2,28)21(14-7-8-14)26-13-16-5-4-6-18(20(16)22(26)27)15-9-10-19-17(11-15)12-24-25(19)3/h4-6,9-12,14,21,28H,7-8,13H2,1-3H3/t21-/m1/s1. The molecule has 5 heteroatoms. The van der Waals surface area contributed by atoms with Crippen LogP contribution in [0.1, 0.15) is 42.6 Å². The summed E-state index contributed by atoms with van der Waals surface area (Å²) in [5.74, 6) is 0.435. The Labute approximate surface area is 164 Å². The summed E-state index contributed by atoms with van der Waals surface area (Å²) < 4.78 is 1.85. The van der Waals surface area contributed by atoms with Crippen LogP contribution in [-0.2, 0) is 13.6 Å². The number of hydrogen-bond donors (Lipinski definition) is 1. The average molecular weight is 375 g/mol. The summed E-state index contributed by atoms with van der Waals surface area (Å²) >= 11 is 0. The Hall–Kier alpha value is -2.66. The molecule has 5 rings (SSSR count). The van der Waals surface area contributed by atoms with Gasteiger partial charge in [0.1, 0.15) is 0 Å². The predicted octanol–water partition coefficient (Wildman–Crippen LogP) is 3.75. The Morgan fingerprint density at radius 1 is 1.21 bits per heavy atom. The van der Waals surface area contributed by atoms with Gasteiger partial charge >= 0.3 is 0 Å². The maximum atomic E-state index is 13.5. The fraction of sp³-hybridized carbons (Fsp3) is 0.391. The van der Waals surface area contributed by atoms with E-state index >= 15 is 0 Å². The Morgan fingerprint density at radius 2 is 2.00 bits per heavy atom. The van der Waals surface area contributed by atoms with E-state index in [9.17, 15) is 9.90 Å². The molecule has 5 nitrogen and oxygen atoms in total. The molecule has 1 aliphatic carbocycles. The molecule has 1 N–H and O–H groups in total. The lowest BCUT2D eigenvalue weighted by Crippen LogP contribution is -2.51. The van der Waals surface area contributed by atoms with E-state index in [1.807, 2.05) is 54.9 Å². The first-order valence-electron chi connectivity index (χ1n) is 9.92. The van der Waals surface area contributed by atoms with E-state index in [2.05, 4.69) is 23.3 Å². The number of aromatic nitrogens is 2. The monoisotopic (exact) mass is 375 g/mol. The highest BCUT2D eigenvalue weighted by Crippen LogP contribution is 2.44. The first kappa shape index (κ1) is 17.4. The second-order valence-electron chi connectivity index (χ2n) is 8.75. The zero-order valence-corrected chi connectivity index (χ0v) is 16.5. The largest absolute Gasteiger partial charge is 0.388 e. The Bertz CT molecular complexity index is 1090. The van der Waals surface area contributed by atoms with Gasteiger partial charge in [-0.3, -0.25) is 9.48 Å². The molecule has 2 aliphatic rings. The van der Waals surface area contributed by atoms with Crippen molar-refractivity contribution in [1.29, 1.82) is 0 Å². The molecular weight excluding hydrogens is 350 g/mol. The van der Waals surface area contributed by atoms with Crippen molar-refractivity contribution in [1.82, 2.24) is 14.7 Å². The van der Waals surface area contributed by atoms with Gasteiger partial charge in [0, 0.05) is 19.0 Å². The molecule has 2 heterocycles. The van der Waals surface area contributed by atoms with E-state index in [1.54, 1.807) is 0 Å². The maximum Gasteiger partial charge on any atom is 0.255 e.